The smallest absolute Gasteiger partial charge is 0.247 e. The van der Waals surface area contributed by atoms with E-state index in [1.54, 1.807) is 13.8 Å². The first kappa shape index (κ1) is 17.8. The van der Waals surface area contributed by atoms with Crippen molar-refractivity contribution in [2.75, 3.05) is 13.4 Å². The number of thiophene rings is 1. The number of hydrogen-bond donors (Lipinski definition) is 1. The molecular weight excluding hydrogens is 336 g/mol. The fourth-order valence-corrected chi connectivity index (χ4v) is 3.43. The molecule has 1 N–H and O–H groups in total. The third-order valence-corrected chi connectivity index (χ3v) is 5.17. The summed E-state index contributed by atoms with van der Waals surface area (Å²) in [4.78, 5) is 9.87. The molecule has 0 bridgehead atoms. The highest BCUT2D eigenvalue weighted by Gasteiger charge is 2.18. The van der Waals surface area contributed by atoms with E-state index >= 15 is 0 Å². The zero-order valence-corrected chi connectivity index (χ0v) is 15.2. The molecule has 23 heavy (non-hydrogen) atoms. The van der Waals surface area contributed by atoms with E-state index in [0.29, 0.717) is 17.9 Å². The van der Waals surface area contributed by atoms with Gasteiger partial charge in [0.1, 0.15) is 5.69 Å². The maximum absolute atomic E-state index is 11.6. The Morgan fingerprint density at radius 1 is 1.35 bits per heavy atom. The van der Waals surface area contributed by atoms with Gasteiger partial charge in [-0.2, -0.15) is 0 Å². The minimum Gasteiger partial charge on any atom is -0.493 e. The molecule has 126 valence electrons. The van der Waals surface area contributed by atoms with Gasteiger partial charge in [-0.05, 0) is 38.8 Å². The first-order chi connectivity index (χ1) is 10.6. The Labute approximate surface area is 140 Å². The van der Waals surface area contributed by atoms with Crippen molar-refractivity contribution < 1.29 is 18.3 Å². The maximum atomic E-state index is 11.6. The van der Waals surface area contributed by atoms with Crippen LogP contribution < -0.4 is 4.74 Å². The lowest BCUT2D eigenvalue weighted by molar-refractivity contribution is 0.0716. The molecule has 2 rings (SSSR count). The van der Waals surface area contributed by atoms with Crippen LogP contribution in [0.3, 0.4) is 0 Å². The van der Waals surface area contributed by atoms with Crippen LogP contribution in [0.1, 0.15) is 25.1 Å². The molecule has 0 saturated carbocycles. The lowest BCUT2D eigenvalue weighted by Crippen LogP contribution is -2.18. The standard InChI is InChI=1S/C15H20N2O4S2/c1-15(2,18)8-7-10-5-6-12(22-10)13-11(21-3)9-16-14(17-13)23(4,19)20/h5-6,9,18H,7-8H2,1-4H3. The van der Waals surface area contributed by atoms with Gasteiger partial charge in [0.2, 0.25) is 15.0 Å². The molecule has 2 aromatic rings. The summed E-state index contributed by atoms with van der Waals surface area (Å²) in [5.74, 6) is 0.424. The molecule has 0 aliphatic heterocycles. The highest BCUT2D eigenvalue weighted by molar-refractivity contribution is 7.90. The molecule has 2 heterocycles. The van der Waals surface area contributed by atoms with E-state index in [1.807, 2.05) is 12.1 Å². The zero-order chi connectivity index (χ0) is 17.3. The van der Waals surface area contributed by atoms with Crippen molar-refractivity contribution in [3.63, 3.8) is 0 Å². The summed E-state index contributed by atoms with van der Waals surface area (Å²) < 4.78 is 28.5. The second kappa shape index (κ2) is 6.54. The Bertz CT molecular complexity index is 792. The quantitative estimate of drug-likeness (QED) is 0.799. The lowest BCUT2D eigenvalue weighted by atomic mass is 10.0. The number of rotatable bonds is 6. The summed E-state index contributed by atoms with van der Waals surface area (Å²) in [5.41, 5.74) is -0.261. The fraction of sp³-hybridized carbons (Fsp3) is 0.467. The number of nitrogens with zero attached hydrogens (tertiary/aromatic N) is 2. The Kier molecular flexibility index (Phi) is 5.07. The molecule has 0 aromatic carbocycles. The molecule has 0 radical (unpaired) electrons. The minimum atomic E-state index is -3.49. The molecule has 2 aromatic heterocycles. The van der Waals surface area contributed by atoms with Gasteiger partial charge in [0.15, 0.2) is 5.75 Å². The summed E-state index contributed by atoms with van der Waals surface area (Å²) in [6, 6.07) is 3.83. The number of ether oxygens (including phenoxy) is 1. The van der Waals surface area contributed by atoms with E-state index < -0.39 is 15.4 Å². The van der Waals surface area contributed by atoms with E-state index in [4.69, 9.17) is 4.74 Å². The van der Waals surface area contributed by atoms with Crippen LogP contribution in [0.2, 0.25) is 0 Å². The minimum absolute atomic E-state index is 0.222. The van der Waals surface area contributed by atoms with Gasteiger partial charge in [0.05, 0.1) is 23.8 Å². The first-order valence-electron chi connectivity index (χ1n) is 7.03. The third kappa shape index (κ3) is 4.73. The van der Waals surface area contributed by atoms with E-state index in [1.165, 1.54) is 24.6 Å². The molecule has 0 fully saturated rings. The molecule has 0 spiro atoms. The van der Waals surface area contributed by atoms with Gasteiger partial charge in [-0.15, -0.1) is 11.3 Å². The Morgan fingerprint density at radius 2 is 2.04 bits per heavy atom. The molecular formula is C15H20N2O4S2. The molecule has 0 amide bonds. The molecule has 8 heteroatoms. The fourth-order valence-electron chi connectivity index (χ4n) is 1.93. The van der Waals surface area contributed by atoms with Crippen LogP contribution in [0.25, 0.3) is 10.6 Å². The van der Waals surface area contributed by atoms with E-state index in [0.717, 1.165) is 22.4 Å². The van der Waals surface area contributed by atoms with E-state index in [-0.39, 0.29) is 5.16 Å². The Balaban J connectivity index is 2.36. The van der Waals surface area contributed by atoms with Crippen molar-refractivity contribution in [1.29, 1.82) is 0 Å². The summed E-state index contributed by atoms with van der Waals surface area (Å²) in [6.45, 7) is 3.54. The number of aliphatic hydroxyl groups is 1. The molecule has 0 aliphatic rings. The Hall–Kier alpha value is -1.51. The van der Waals surface area contributed by atoms with Crippen LogP contribution in [0, 0.1) is 0 Å². The van der Waals surface area contributed by atoms with Crippen LogP contribution in [-0.4, -0.2) is 42.5 Å². The molecule has 0 saturated heterocycles. The van der Waals surface area contributed by atoms with Gasteiger partial charge in [-0.1, -0.05) is 0 Å². The van der Waals surface area contributed by atoms with Crippen molar-refractivity contribution in [3.8, 4) is 16.3 Å². The number of methoxy groups -OCH3 is 1. The summed E-state index contributed by atoms with van der Waals surface area (Å²) >= 11 is 1.50. The molecule has 6 nitrogen and oxygen atoms in total. The zero-order valence-electron chi connectivity index (χ0n) is 13.5. The van der Waals surface area contributed by atoms with Crippen LogP contribution >= 0.6 is 11.3 Å². The molecule has 0 aliphatic carbocycles. The lowest BCUT2D eigenvalue weighted by Gasteiger charge is -2.15. The predicted octanol–water partition coefficient (Wildman–Crippen LogP) is 2.32. The van der Waals surface area contributed by atoms with Crippen LogP contribution in [0.4, 0.5) is 0 Å². The Morgan fingerprint density at radius 3 is 2.61 bits per heavy atom. The maximum Gasteiger partial charge on any atom is 0.247 e. The largest absolute Gasteiger partial charge is 0.493 e. The van der Waals surface area contributed by atoms with Gasteiger partial charge in [-0.3, -0.25) is 0 Å². The highest BCUT2D eigenvalue weighted by atomic mass is 32.2. The van der Waals surface area contributed by atoms with Crippen molar-refractivity contribution >= 4 is 21.2 Å². The van der Waals surface area contributed by atoms with Crippen molar-refractivity contribution in [2.24, 2.45) is 0 Å². The molecule has 0 unspecified atom stereocenters. The van der Waals surface area contributed by atoms with Crippen molar-refractivity contribution in [2.45, 2.75) is 37.4 Å². The van der Waals surface area contributed by atoms with Crippen LogP contribution in [-0.2, 0) is 16.3 Å². The summed E-state index contributed by atoms with van der Waals surface area (Å²) in [7, 11) is -2.00. The van der Waals surface area contributed by atoms with Crippen molar-refractivity contribution in [1.82, 2.24) is 9.97 Å². The van der Waals surface area contributed by atoms with Crippen LogP contribution in [0.5, 0.6) is 5.75 Å². The number of aromatic nitrogens is 2. The van der Waals surface area contributed by atoms with Crippen molar-refractivity contribution in [3.05, 3.63) is 23.2 Å². The average Bonchev–Trinajstić information content (AvgIpc) is 2.91. The van der Waals surface area contributed by atoms with Gasteiger partial charge in [0, 0.05) is 11.1 Å². The monoisotopic (exact) mass is 356 g/mol. The van der Waals surface area contributed by atoms with E-state index in [9.17, 15) is 13.5 Å². The summed E-state index contributed by atoms with van der Waals surface area (Å²) in [6.07, 6.45) is 3.82. The number of sulfone groups is 1. The SMILES string of the molecule is COc1cnc(S(C)(=O)=O)nc1-c1ccc(CCC(C)(C)O)s1. The van der Waals surface area contributed by atoms with Gasteiger partial charge in [-0.25, -0.2) is 18.4 Å². The van der Waals surface area contributed by atoms with Gasteiger partial charge < -0.3 is 9.84 Å². The van der Waals surface area contributed by atoms with Gasteiger partial charge >= 0.3 is 0 Å². The second-order valence-electron chi connectivity index (χ2n) is 5.92. The first-order valence-corrected chi connectivity index (χ1v) is 9.73. The molecule has 0 atom stereocenters. The highest BCUT2D eigenvalue weighted by Crippen LogP contribution is 2.34. The average molecular weight is 356 g/mol. The predicted molar refractivity (Wildman–Crippen MR) is 89.6 cm³/mol. The topological polar surface area (TPSA) is 89.4 Å². The number of aryl methyl sites for hydroxylation is 1. The van der Waals surface area contributed by atoms with Crippen LogP contribution in [0.15, 0.2) is 23.5 Å². The summed E-state index contributed by atoms with van der Waals surface area (Å²) in [5, 5.41) is 9.59. The van der Waals surface area contributed by atoms with E-state index in [2.05, 4.69) is 9.97 Å². The normalized spacial score (nSPS) is 12.4. The second-order valence-corrected chi connectivity index (χ2v) is 9.00. The third-order valence-electron chi connectivity index (χ3n) is 3.16. The van der Waals surface area contributed by atoms with Gasteiger partial charge in [0.25, 0.3) is 0 Å². The number of hydrogen-bond acceptors (Lipinski definition) is 7.